The first-order chi connectivity index (χ1) is 13.1. The minimum Gasteiger partial charge on any atom is -0.385 e. The first-order valence-electron chi connectivity index (χ1n) is 10.2. The Balaban J connectivity index is 1.72. The van der Waals surface area contributed by atoms with Gasteiger partial charge in [-0.15, -0.1) is 0 Å². The van der Waals surface area contributed by atoms with E-state index in [4.69, 9.17) is 0 Å². The highest BCUT2D eigenvalue weighted by atomic mass is 32.2. The van der Waals surface area contributed by atoms with E-state index < -0.39 is 15.6 Å². The van der Waals surface area contributed by atoms with Gasteiger partial charge in [0.05, 0.1) is 16.2 Å². The van der Waals surface area contributed by atoms with Gasteiger partial charge in [-0.3, -0.25) is 0 Å². The Bertz CT molecular complexity index is 938. The van der Waals surface area contributed by atoms with Gasteiger partial charge in [0.2, 0.25) is 0 Å². The van der Waals surface area contributed by atoms with Crippen LogP contribution in [0.5, 0.6) is 0 Å². The summed E-state index contributed by atoms with van der Waals surface area (Å²) in [6.45, 7) is 6.66. The van der Waals surface area contributed by atoms with E-state index in [0.29, 0.717) is 24.0 Å². The maximum atomic E-state index is 12.6. The number of rotatable bonds is 3. The third-order valence-corrected chi connectivity index (χ3v) is 7.71. The zero-order chi connectivity index (χ0) is 20.2. The molecule has 0 amide bonds. The van der Waals surface area contributed by atoms with Crippen molar-refractivity contribution >= 4 is 15.7 Å². The summed E-state index contributed by atoms with van der Waals surface area (Å²) < 4.78 is 25.2. The fourth-order valence-corrected chi connectivity index (χ4v) is 6.89. The Labute approximate surface area is 168 Å². The highest BCUT2D eigenvalue weighted by molar-refractivity contribution is 7.89. The van der Waals surface area contributed by atoms with Gasteiger partial charge in [-0.1, -0.05) is 44.5 Å². The SMILES string of the molecule is CC1CC(=NNS(=O)(=O)c2ccccc2)C2=C(C1)CC1(C)CC(C)CC2(O)C1. The standard InChI is InChI=1S/C22H30N2O3S/c1-15-9-17-13-21(3)11-16(2)12-22(25,14-21)20(17)19(10-15)23-24-28(26,27)18-7-5-4-6-8-18/h4-8,15-16,24-25H,9-14H2,1-3H3. The lowest BCUT2D eigenvalue weighted by Crippen LogP contribution is -2.51. The fourth-order valence-electron chi connectivity index (χ4n) is 6.04. The van der Waals surface area contributed by atoms with Crippen molar-refractivity contribution in [1.82, 2.24) is 4.83 Å². The van der Waals surface area contributed by atoms with Crippen LogP contribution in [0.25, 0.3) is 0 Å². The predicted octanol–water partition coefficient (Wildman–Crippen LogP) is 4.01. The predicted molar refractivity (Wildman–Crippen MR) is 110 cm³/mol. The van der Waals surface area contributed by atoms with E-state index in [1.807, 2.05) is 0 Å². The first kappa shape index (κ1) is 19.6. The quantitative estimate of drug-likeness (QED) is 0.750. The molecule has 5 nitrogen and oxygen atoms in total. The molecule has 28 heavy (non-hydrogen) atoms. The van der Waals surface area contributed by atoms with Crippen molar-refractivity contribution in [2.24, 2.45) is 22.4 Å². The summed E-state index contributed by atoms with van der Waals surface area (Å²) >= 11 is 0. The Morgan fingerprint density at radius 3 is 2.54 bits per heavy atom. The lowest BCUT2D eigenvalue weighted by atomic mass is 9.54. The molecule has 2 N–H and O–H groups in total. The Morgan fingerprint density at radius 2 is 1.82 bits per heavy atom. The molecule has 152 valence electrons. The molecule has 0 aliphatic heterocycles. The average Bonchev–Trinajstić information content (AvgIpc) is 2.58. The molecule has 0 heterocycles. The normalized spacial score (nSPS) is 36.9. The van der Waals surface area contributed by atoms with Gasteiger partial charge >= 0.3 is 0 Å². The van der Waals surface area contributed by atoms with Crippen LogP contribution in [0, 0.1) is 17.3 Å². The van der Waals surface area contributed by atoms with Gasteiger partial charge < -0.3 is 5.11 Å². The number of allylic oxidation sites excluding steroid dienone is 1. The smallest absolute Gasteiger partial charge is 0.276 e. The van der Waals surface area contributed by atoms with Crippen LogP contribution in [0.2, 0.25) is 0 Å². The summed E-state index contributed by atoms with van der Waals surface area (Å²) in [4.78, 5) is 2.62. The molecule has 3 aliphatic rings. The van der Waals surface area contributed by atoms with Gasteiger partial charge in [-0.05, 0) is 67.9 Å². The number of sulfonamides is 1. The number of hydrazone groups is 1. The number of aliphatic hydroxyl groups is 1. The largest absolute Gasteiger partial charge is 0.385 e. The number of benzene rings is 1. The molecule has 1 fully saturated rings. The van der Waals surface area contributed by atoms with Crippen molar-refractivity contribution < 1.29 is 13.5 Å². The molecule has 1 aromatic carbocycles. The molecule has 4 atom stereocenters. The molecule has 4 rings (SSSR count). The molecule has 6 heteroatoms. The molecule has 0 aromatic heterocycles. The molecule has 0 saturated heterocycles. The Kier molecular flexibility index (Phi) is 4.70. The van der Waals surface area contributed by atoms with Crippen LogP contribution in [-0.2, 0) is 10.0 Å². The van der Waals surface area contributed by atoms with E-state index in [1.165, 1.54) is 5.57 Å². The van der Waals surface area contributed by atoms with Crippen LogP contribution < -0.4 is 4.83 Å². The monoisotopic (exact) mass is 402 g/mol. The topological polar surface area (TPSA) is 78.8 Å². The van der Waals surface area contributed by atoms with Crippen LogP contribution in [0.15, 0.2) is 51.5 Å². The van der Waals surface area contributed by atoms with E-state index in [9.17, 15) is 13.5 Å². The maximum Gasteiger partial charge on any atom is 0.276 e. The van der Waals surface area contributed by atoms with Crippen LogP contribution >= 0.6 is 0 Å². The van der Waals surface area contributed by atoms with Crippen molar-refractivity contribution in [2.75, 3.05) is 0 Å². The number of hydrogen-bond donors (Lipinski definition) is 2. The van der Waals surface area contributed by atoms with Crippen molar-refractivity contribution in [1.29, 1.82) is 0 Å². The van der Waals surface area contributed by atoms with Crippen LogP contribution in [0.4, 0.5) is 0 Å². The second kappa shape index (κ2) is 6.70. The van der Waals surface area contributed by atoms with Gasteiger partial charge in [0.15, 0.2) is 0 Å². The average molecular weight is 403 g/mol. The number of nitrogens with one attached hydrogen (secondary N) is 1. The molecule has 1 saturated carbocycles. The highest BCUT2D eigenvalue weighted by Gasteiger charge is 2.52. The van der Waals surface area contributed by atoms with Gasteiger partial charge in [0.1, 0.15) is 0 Å². The fraction of sp³-hybridized carbons (Fsp3) is 0.591. The highest BCUT2D eigenvalue weighted by Crippen LogP contribution is 2.57. The zero-order valence-corrected chi connectivity index (χ0v) is 17.7. The molecule has 1 aromatic rings. The van der Waals surface area contributed by atoms with Gasteiger partial charge in [0.25, 0.3) is 10.0 Å². The lowest BCUT2D eigenvalue weighted by Gasteiger charge is -2.54. The molecule has 2 bridgehead atoms. The molecular weight excluding hydrogens is 372 g/mol. The van der Waals surface area contributed by atoms with Crippen molar-refractivity contribution in [2.45, 2.75) is 69.8 Å². The third-order valence-electron chi connectivity index (χ3n) is 6.49. The van der Waals surface area contributed by atoms with Crippen LogP contribution in [-0.4, -0.2) is 24.8 Å². The summed E-state index contributed by atoms with van der Waals surface area (Å²) in [5.74, 6) is 0.835. The molecule has 4 unspecified atom stereocenters. The minimum atomic E-state index is -3.72. The zero-order valence-electron chi connectivity index (χ0n) is 16.9. The van der Waals surface area contributed by atoms with Gasteiger partial charge in [-0.25, -0.2) is 0 Å². The van der Waals surface area contributed by atoms with Crippen LogP contribution in [0.1, 0.15) is 59.3 Å². The Hall–Kier alpha value is -1.66. The summed E-state index contributed by atoms with van der Waals surface area (Å²) in [5, 5.41) is 16.0. The second-order valence-corrected chi connectivity index (χ2v) is 11.3. The third kappa shape index (κ3) is 3.52. The summed E-state index contributed by atoms with van der Waals surface area (Å²) in [5.41, 5.74) is 2.14. The summed E-state index contributed by atoms with van der Waals surface area (Å²) in [6, 6.07) is 8.28. The second-order valence-electron chi connectivity index (χ2n) is 9.67. The van der Waals surface area contributed by atoms with E-state index >= 15 is 0 Å². The maximum absolute atomic E-state index is 12.6. The number of nitrogens with zero attached hydrogens (tertiary/aromatic N) is 1. The van der Waals surface area contributed by atoms with Crippen LogP contribution in [0.3, 0.4) is 0 Å². The van der Waals surface area contributed by atoms with E-state index in [2.05, 4.69) is 30.7 Å². The van der Waals surface area contributed by atoms with E-state index in [0.717, 1.165) is 37.7 Å². The van der Waals surface area contributed by atoms with Crippen molar-refractivity contribution in [3.63, 3.8) is 0 Å². The first-order valence-corrected chi connectivity index (χ1v) is 11.7. The molecule has 0 spiro atoms. The molecule has 0 radical (unpaired) electrons. The van der Waals surface area contributed by atoms with Gasteiger partial charge in [-0.2, -0.15) is 18.4 Å². The van der Waals surface area contributed by atoms with Crippen molar-refractivity contribution in [3.8, 4) is 0 Å². The summed E-state index contributed by atoms with van der Waals surface area (Å²) in [7, 11) is -3.72. The van der Waals surface area contributed by atoms with Gasteiger partial charge in [0, 0.05) is 5.57 Å². The Morgan fingerprint density at radius 1 is 1.11 bits per heavy atom. The van der Waals surface area contributed by atoms with E-state index in [1.54, 1.807) is 30.3 Å². The number of hydrogen-bond acceptors (Lipinski definition) is 4. The lowest BCUT2D eigenvalue weighted by molar-refractivity contribution is -0.0449. The minimum absolute atomic E-state index is 0.122. The molecule has 3 aliphatic carbocycles. The molecular formula is C22H30N2O3S. The van der Waals surface area contributed by atoms with Crippen molar-refractivity contribution in [3.05, 3.63) is 41.5 Å². The summed E-state index contributed by atoms with van der Waals surface area (Å²) in [6.07, 6.45) is 5.22. The van der Waals surface area contributed by atoms with E-state index in [-0.39, 0.29) is 10.3 Å². The number of fused-ring (bicyclic) bond motifs is 3.